The quantitative estimate of drug-likeness (QED) is 0.446. The van der Waals surface area contributed by atoms with Crippen LogP contribution in [0.2, 0.25) is 5.02 Å². The van der Waals surface area contributed by atoms with E-state index < -0.39 is 0 Å². The molecule has 2 rings (SSSR count). The van der Waals surface area contributed by atoms with Gasteiger partial charge in [0.15, 0.2) is 12.6 Å². The Hall–Kier alpha value is -2.93. The summed E-state index contributed by atoms with van der Waals surface area (Å²) < 4.78 is 11.3. The molecule has 0 aliphatic heterocycles. The fourth-order valence-electron chi connectivity index (χ4n) is 2.67. The third kappa shape index (κ3) is 8.21. The lowest BCUT2D eigenvalue weighted by Crippen LogP contribution is -2.40. The van der Waals surface area contributed by atoms with E-state index in [4.69, 9.17) is 21.1 Å². The Morgan fingerprint density at radius 2 is 1.83 bits per heavy atom. The SMILES string of the molecule is CCNC(=O)COc1cccc(CNC(=NC)N(C)CCOc2cccc(Cl)c2)c1. The molecule has 0 aromatic heterocycles. The molecule has 8 heteroatoms. The van der Waals surface area contributed by atoms with Crippen molar-refractivity contribution in [2.45, 2.75) is 13.5 Å². The number of amides is 1. The predicted molar refractivity (Wildman–Crippen MR) is 120 cm³/mol. The average molecular weight is 433 g/mol. The van der Waals surface area contributed by atoms with Gasteiger partial charge in [-0.05, 0) is 42.8 Å². The van der Waals surface area contributed by atoms with Gasteiger partial charge in [0.1, 0.15) is 18.1 Å². The molecule has 2 aromatic rings. The number of carbonyl (C=O) groups excluding carboxylic acids is 1. The van der Waals surface area contributed by atoms with Crippen molar-refractivity contribution < 1.29 is 14.3 Å². The van der Waals surface area contributed by atoms with Crippen molar-refractivity contribution in [1.29, 1.82) is 0 Å². The van der Waals surface area contributed by atoms with Crippen LogP contribution in [0.1, 0.15) is 12.5 Å². The van der Waals surface area contributed by atoms with Gasteiger partial charge >= 0.3 is 0 Å². The molecule has 0 saturated carbocycles. The van der Waals surface area contributed by atoms with Crippen LogP contribution in [0.3, 0.4) is 0 Å². The Kier molecular flexibility index (Phi) is 9.80. The number of guanidine groups is 1. The molecule has 0 fully saturated rings. The van der Waals surface area contributed by atoms with Gasteiger partial charge < -0.3 is 25.0 Å². The van der Waals surface area contributed by atoms with Gasteiger partial charge in [-0.3, -0.25) is 9.79 Å². The van der Waals surface area contributed by atoms with Gasteiger partial charge in [-0.15, -0.1) is 0 Å². The van der Waals surface area contributed by atoms with E-state index >= 15 is 0 Å². The van der Waals surface area contributed by atoms with E-state index in [1.54, 1.807) is 13.1 Å². The number of hydrogen-bond donors (Lipinski definition) is 2. The standard InChI is InChI=1S/C22H29ClN4O3/c1-4-25-21(28)16-30-19-9-5-7-17(13-19)15-26-22(24-2)27(3)11-12-29-20-10-6-8-18(23)14-20/h5-10,13-14H,4,11-12,15-16H2,1-3H3,(H,24,26)(H,25,28). The molecule has 0 heterocycles. The summed E-state index contributed by atoms with van der Waals surface area (Å²) in [5.41, 5.74) is 1.02. The topological polar surface area (TPSA) is 75.2 Å². The number of benzene rings is 2. The normalized spacial score (nSPS) is 11.0. The summed E-state index contributed by atoms with van der Waals surface area (Å²) in [6.07, 6.45) is 0. The van der Waals surface area contributed by atoms with Gasteiger partial charge in [0, 0.05) is 32.2 Å². The molecule has 0 spiro atoms. The molecular formula is C22H29ClN4O3. The summed E-state index contributed by atoms with van der Waals surface area (Å²) in [5.74, 6) is 2.00. The van der Waals surface area contributed by atoms with Gasteiger partial charge in [-0.25, -0.2) is 0 Å². The number of likely N-dealkylation sites (N-methyl/N-ethyl adjacent to an activating group) is 2. The van der Waals surface area contributed by atoms with Crippen LogP contribution in [0.4, 0.5) is 0 Å². The predicted octanol–water partition coefficient (Wildman–Crippen LogP) is 2.94. The smallest absolute Gasteiger partial charge is 0.257 e. The minimum Gasteiger partial charge on any atom is -0.492 e. The Balaban J connectivity index is 1.80. The number of carbonyl (C=O) groups is 1. The third-order valence-electron chi connectivity index (χ3n) is 4.16. The highest BCUT2D eigenvalue weighted by atomic mass is 35.5. The molecule has 1 amide bonds. The molecule has 30 heavy (non-hydrogen) atoms. The van der Waals surface area contributed by atoms with E-state index in [2.05, 4.69) is 15.6 Å². The summed E-state index contributed by atoms with van der Waals surface area (Å²) in [7, 11) is 3.69. The first kappa shape index (κ1) is 23.3. The van der Waals surface area contributed by atoms with E-state index in [0.29, 0.717) is 37.0 Å². The number of hydrogen-bond acceptors (Lipinski definition) is 4. The number of nitrogens with one attached hydrogen (secondary N) is 2. The van der Waals surface area contributed by atoms with Crippen molar-refractivity contribution in [2.75, 3.05) is 40.4 Å². The van der Waals surface area contributed by atoms with Gasteiger partial charge in [-0.2, -0.15) is 0 Å². The minimum absolute atomic E-state index is 0.00174. The molecule has 2 aromatic carbocycles. The van der Waals surface area contributed by atoms with Crippen molar-refractivity contribution in [3.05, 3.63) is 59.1 Å². The lowest BCUT2D eigenvalue weighted by atomic mass is 10.2. The Morgan fingerprint density at radius 1 is 1.10 bits per heavy atom. The Morgan fingerprint density at radius 3 is 2.53 bits per heavy atom. The highest BCUT2D eigenvalue weighted by Gasteiger charge is 2.07. The van der Waals surface area contributed by atoms with Crippen LogP contribution in [0, 0.1) is 0 Å². The number of halogens is 1. The minimum atomic E-state index is -0.136. The van der Waals surface area contributed by atoms with E-state index in [-0.39, 0.29) is 12.5 Å². The summed E-state index contributed by atoms with van der Waals surface area (Å²) in [6.45, 7) is 4.19. The summed E-state index contributed by atoms with van der Waals surface area (Å²) in [6, 6.07) is 15.0. The maximum absolute atomic E-state index is 11.5. The maximum atomic E-state index is 11.5. The highest BCUT2D eigenvalue weighted by Crippen LogP contribution is 2.17. The second-order valence-corrected chi connectivity index (χ2v) is 6.95. The maximum Gasteiger partial charge on any atom is 0.257 e. The molecule has 7 nitrogen and oxygen atoms in total. The Bertz CT molecular complexity index is 845. The fourth-order valence-corrected chi connectivity index (χ4v) is 2.85. The van der Waals surface area contributed by atoms with E-state index in [1.807, 2.05) is 61.3 Å². The van der Waals surface area contributed by atoms with Crippen LogP contribution >= 0.6 is 11.6 Å². The lowest BCUT2D eigenvalue weighted by Gasteiger charge is -2.22. The van der Waals surface area contributed by atoms with Crippen LogP contribution in [-0.2, 0) is 11.3 Å². The Labute approximate surface area is 183 Å². The lowest BCUT2D eigenvalue weighted by molar-refractivity contribution is -0.122. The number of ether oxygens (including phenoxy) is 2. The van der Waals surface area contributed by atoms with Crippen LogP contribution in [0.5, 0.6) is 11.5 Å². The van der Waals surface area contributed by atoms with E-state index in [9.17, 15) is 4.79 Å². The van der Waals surface area contributed by atoms with Crippen molar-refractivity contribution >= 4 is 23.5 Å². The van der Waals surface area contributed by atoms with Gasteiger partial charge in [0.25, 0.3) is 5.91 Å². The zero-order valence-corrected chi connectivity index (χ0v) is 18.4. The molecule has 0 radical (unpaired) electrons. The van der Waals surface area contributed by atoms with E-state index in [0.717, 1.165) is 17.3 Å². The highest BCUT2D eigenvalue weighted by molar-refractivity contribution is 6.30. The molecule has 0 aliphatic carbocycles. The number of rotatable bonds is 10. The van der Waals surface area contributed by atoms with Crippen molar-refractivity contribution in [3.8, 4) is 11.5 Å². The van der Waals surface area contributed by atoms with Crippen molar-refractivity contribution in [2.24, 2.45) is 4.99 Å². The molecule has 0 unspecified atom stereocenters. The molecule has 0 bridgehead atoms. The van der Waals surface area contributed by atoms with E-state index in [1.165, 1.54) is 0 Å². The van der Waals surface area contributed by atoms with Crippen LogP contribution in [-0.4, -0.2) is 57.2 Å². The van der Waals surface area contributed by atoms with Gasteiger partial charge in [-0.1, -0.05) is 29.8 Å². The van der Waals surface area contributed by atoms with Crippen molar-refractivity contribution in [3.63, 3.8) is 0 Å². The van der Waals surface area contributed by atoms with Gasteiger partial charge in [0.05, 0.1) is 6.54 Å². The molecule has 0 saturated heterocycles. The van der Waals surface area contributed by atoms with Gasteiger partial charge in [0.2, 0.25) is 0 Å². The summed E-state index contributed by atoms with van der Waals surface area (Å²) >= 11 is 5.97. The molecule has 0 atom stereocenters. The van der Waals surface area contributed by atoms with Crippen LogP contribution in [0.15, 0.2) is 53.5 Å². The second kappa shape index (κ2) is 12.6. The number of aliphatic imine (C=N–C) groups is 1. The largest absolute Gasteiger partial charge is 0.492 e. The van der Waals surface area contributed by atoms with Crippen LogP contribution < -0.4 is 20.1 Å². The number of nitrogens with zero attached hydrogens (tertiary/aromatic N) is 2. The fraction of sp³-hybridized carbons (Fsp3) is 0.364. The van der Waals surface area contributed by atoms with Crippen LogP contribution in [0.25, 0.3) is 0 Å². The van der Waals surface area contributed by atoms with Crippen molar-refractivity contribution in [1.82, 2.24) is 15.5 Å². The molecule has 0 aliphatic rings. The first-order valence-electron chi connectivity index (χ1n) is 9.80. The zero-order valence-electron chi connectivity index (χ0n) is 17.7. The first-order valence-corrected chi connectivity index (χ1v) is 10.2. The molecular weight excluding hydrogens is 404 g/mol. The third-order valence-corrected chi connectivity index (χ3v) is 4.39. The first-order chi connectivity index (χ1) is 14.5. The molecule has 2 N–H and O–H groups in total. The molecule has 162 valence electrons. The average Bonchev–Trinajstić information content (AvgIpc) is 2.73. The summed E-state index contributed by atoms with van der Waals surface area (Å²) in [5, 5.41) is 6.67. The second-order valence-electron chi connectivity index (χ2n) is 6.52. The summed E-state index contributed by atoms with van der Waals surface area (Å²) in [4.78, 5) is 17.8. The zero-order chi connectivity index (χ0) is 21.8. The monoisotopic (exact) mass is 432 g/mol.